The SMILES string of the molecule is Cc1ncsc1C=CC1(C(=O)OC(C)(C)C)CS[C@@H]2C(N)C(=O)N2C1. The first-order valence-electron chi connectivity index (χ1n) is 8.13. The van der Waals surface area contributed by atoms with E-state index in [1.165, 1.54) is 11.3 Å². The Labute approximate surface area is 155 Å². The molecule has 0 saturated carbocycles. The summed E-state index contributed by atoms with van der Waals surface area (Å²) in [5.74, 6) is 0.128. The zero-order valence-corrected chi connectivity index (χ0v) is 16.4. The molecule has 0 radical (unpaired) electrons. The van der Waals surface area contributed by atoms with Crippen LogP contribution >= 0.6 is 23.1 Å². The zero-order chi connectivity index (χ0) is 18.4. The predicted molar refractivity (Wildman–Crippen MR) is 100 cm³/mol. The lowest BCUT2D eigenvalue weighted by Gasteiger charge is -2.52. The lowest BCUT2D eigenvalue weighted by atomic mass is 9.86. The fraction of sp³-hybridized carbons (Fsp3) is 0.588. The van der Waals surface area contributed by atoms with E-state index >= 15 is 0 Å². The van der Waals surface area contributed by atoms with Crippen LogP contribution in [0.5, 0.6) is 0 Å². The van der Waals surface area contributed by atoms with Crippen molar-refractivity contribution in [3.8, 4) is 0 Å². The number of thioether (sulfide) groups is 1. The number of hydrogen-bond donors (Lipinski definition) is 1. The molecule has 8 heteroatoms. The Morgan fingerprint density at radius 3 is 2.84 bits per heavy atom. The number of fused-ring (bicyclic) bond motifs is 1. The van der Waals surface area contributed by atoms with Crippen molar-refractivity contribution >= 4 is 41.1 Å². The Morgan fingerprint density at radius 2 is 2.24 bits per heavy atom. The molecule has 2 fully saturated rings. The van der Waals surface area contributed by atoms with Gasteiger partial charge in [-0.25, -0.2) is 4.98 Å². The molecule has 0 spiro atoms. The smallest absolute Gasteiger partial charge is 0.319 e. The molecule has 1 aromatic heterocycles. The maximum absolute atomic E-state index is 13.0. The Hall–Kier alpha value is -1.38. The maximum Gasteiger partial charge on any atom is 0.319 e. The second kappa shape index (κ2) is 6.41. The number of nitrogens with two attached hydrogens (primary N) is 1. The van der Waals surface area contributed by atoms with Gasteiger partial charge in [-0.2, -0.15) is 0 Å². The van der Waals surface area contributed by atoms with Crippen molar-refractivity contribution < 1.29 is 14.3 Å². The normalized spacial score (nSPS) is 29.5. The quantitative estimate of drug-likeness (QED) is 0.637. The van der Waals surface area contributed by atoms with E-state index in [-0.39, 0.29) is 17.3 Å². The summed E-state index contributed by atoms with van der Waals surface area (Å²) in [5.41, 5.74) is 7.10. The minimum atomic E-state index is -0.874. The van der Waals surface area contributed by atoms with Crippen molar-refractivity contribution in [2.24, 2.45) is 11.1 Å². The topological polar surface area (TPSA) is 85.5 Å². The number of ether oxygens (including phenoxy) is 1. The number of hydrogen-bond acceptors (Lipinski definition) is 7. The van der Waals surface area contributed by atoms with Gasteiger partial charge in [0.2, 0.25) is 5.91 Å². The van der Waals surface area contributed by atoms with Crippen molar-refractivity contribution in [3.63, 3.8) is 0 Å². The van der Waals surface area contributed by atoms with E-state index in [0.29, 0.717) is 12.3 Å². The summed E-state index contributed by atoms with van der Waals surface area (Å²) < 4.78 is 5.67. The Kier molecular flexibility index (Phi) is 4.72. The van der Waals surface area contributed by atoms with E-state index in [1.807, 2.05) is 39.8 Å². The number of nitrogens with zero attached hydrogens (tertiary/aromatic N) is 2. The van der Waals surface area contributed by atoms with Gasteiger partial charge in [0, 0.05) is 17.2 Å². The van der Waals surface area contributed by atoms with Gasteiger partial charge in [-0.05, 0) is 33.8 Å². The van der Waals surface area contributed by atoms with E-state index < -0.39 is 17.1 Å². The van der Waals surface area contributed by atoms with Crippen LogP contribution in [0.3, 0.4) is 0 Å². The molecule has 6 nitrogen and oxygen atoms in total. The molecular weight excluding hydrogens is 358 g/mol. The summed E-state index contributed by atoms with van der Waals surface area (Å²) in [6.07, 6.45) is 3.80. The van der Waals surface area contributed by atoms with Crippen LogP contribution in [-0.2, 0) is 14.3 Å². The third-order valence-electron chi connectivity index (χ3n) is 4.29. The number of thiazole rings is 1. The van der Waals surface area contributed by atoms with E-state index in [2.05, 4.69) is 4.98 Å². The van der Waals surface area contributed by atoms with Gasteiger partial charge in [-0.1, -0.05) is 6.08 Å². The van der Waals surface area contributed by atoms with Crippen molar-refractivity contribution in [3.05, 3.63) is 22.2 Å². The number of amides is 1. The van der Waals surface area contributed by atoms with Crippen LogP contribution in [0.15, 0.2) is 11.6 Å². The van der Waals surface area contributed by atoms with Crippen LogP contribution in [0.1, 0.15) is 31.3 Å². The molecule has 0 aromatic carbocycles. The second-order valence-electron chi connectivity index (χ2n) is 7.49. The van der Waals surface area contributed by atoms with Crippen LogP contribution in [-0.4, -0.2) is 51.1 Å². The average molecular weight is 382 g/mol. The predicted octanol–water partition coefficient (Wildman–Crippen LogP) is 2.04. The summed E-state index contributed by atoms with van der Waals surface area (Å²) in [6.45, 7) is 7.78. The van der Waals surface area contributed by atoms with Crippen LogP contribution in [0.2, 0.25) is 0 Å². The van der Waals surface area contributed by atoms with Crippen molar-refractivity contribution in [1.29, 1.82) is 0 Å². The molecule has 3 atom stereocenters. The molecule has 2 N–H and O–H groups in total. The number of β-lactam (4-membered cyclic amide) rings is 1. The lowest BCUT2D eigenvalue weighted by Crippen LogP contribution is -2.72. The van der Waals surface area contributed by atoms with Gasteiger partial charge < -0.3 is 15.4 Å². The number of esters is 1. The van der Waals surface area contributed by atoms with Crippen molar-refractivity contribution in [2.45, 2.75) is 44.7 Å². The molecule has 3 heterocycles. The molecule has 1 amide bonds. The number of aryl methyl sites for hydroxylation is 1. The first kappa shape index (κ1) is 18.4. The van der Waals surface area contributed by atoms with E-state index in [1.54, 1.807) is 22.2 Å². The maximum atomic E-state index is 13.0. The molecule has 0 aliphatic carbocycles. The highest BCUT2D eigenvalue weighted by Crippen LogP contribution is 2.43. The van der Waals surface area contributed by atoms with Gasteiger partial charge in [-0.15, -0.1) is 23.1 Å². The summed E-state index contributed by atoms with van der Waals surface area (Å²) in [5, 5.41) is -0.0402. The Morgan fingerprint density at radius 1 is 1.52 bits per heavy atom. The summed E-state index contributed by atoms with van der Waals surface area (Å²) in [4.78, 5) is 32.0. The summed E-state index contributed by atoms with van der Waals surface area (Å²) in [7, 11) is 0. The highest BCUT2D eigenvalue weighted by Gasteiger charge is 2.55. The monoisotopic (exact) mass is 381 g/mol. The van der Waals surface area contributed by atoms with Crippen LogP contribution in [0, 0.1) is 12.3 Å². The van der Waals surface area contributed by atoms with Gasteiger partial charge >= 0.3 is 5.97 Å². The number of carbonyl (C=O) groups is 2. The standard InChI is InChI=1S/C17H23N3O3S2/c1-10-11(25-9-19-10)5-6-17(15(22)23-16(2,3)4)7-20-13(21)12(18)14(20)24-8-17/h5-6,9,12,14H,7-8,18H2,1-4H3/t12?,14-,17?/m1/s1. The second-order valence-corrected chi connectivity index (χ2v) is 9.48. The van der Waals surface area contributed by atoms with E-state index in [4.69, 9.17) is 10.5 Å². The van der Waals surface area contributed by atoms with E-state index in [9.17, 15) is 9.59 Å². The fourth-order valence-electron chi connectivity index (χ4n) is 2.87. The molecule has 2 aliphatic heterocycles. The minimum absolute atomic E-state index is 0.0402. The molecule has 0 bridgehead atoms. The van der Waals surface area contributed by atoms with Crippen LogP contribution < -0.4 is 5.73 Å². The number of aromatic nitrogens is 1. The number of rotatable bonds is 3. The Bertz CT molecular complexity index is 725. The molecule has 136 valence electrons. The van der Waals surface area contributed by atoms with E-state index in [0.717, 1.165) is 10.6 Å². The molecule has 2 saturated heterocycles. The van der Waals surface area contributed by atoms with Gasteiger partial charge in [0.1, 0.15) is 22.4 Å². The molecule has 2 unspecified atom stereocenters. The Balaban J connectivity index is 1.89. The third kappa shape index (κ3) is 3.47. The van der Waals surface area contributed by atoms with Gasteiger partial charge in [-0.3, -0.25) is 9.59 Å². The molecule has 25 heavy (non-hydrogen) atoms. The highest BCUT2D eigenvalue weighted by atomic mass is 32.2. The summed E-state index contributed by atoms with van der Waals surface area (Å²) in [6, 6.07) is -0.464. The van der Waals surface area contributed by atoms with Crippen molar-refractivity contribution in [2.75, 3.05) is 12.3 Å². The first-order valence-corrected chi connectivity index (χ1v) is 10.1. The molecule has 2 aliphatic rings. The van der Waals surface area contributed by atoms with Crippen LogP contribution in [0.4, 0.5) is 0 Å². The van der Waals surface area contributed by atoms with Gasteiger partial charge in [0.25, 0.3) is 0 Å². The van der Waals surface area contributed by atoms with Crippen LogP contribution in [0.25, 0.3) is 6.08 Å². The molecular formula is C17H23N3O3S2. The van der Waals surface area contributed by atoms with Gasteiger partial charge in [0.15, 0.2) is 0 Å². The third-order valence-corrected chi connectivity index (χ3v) is 6.76. The lowest BCUT2D eigenvalue weighted by molar-refractivity contribution is -0.167. The molecule has 3 rings (SSSR count). The fourth-order valence-corrected chi connectivity index (χ4v) is 5.02. The van der Waals surface area contributed by atoms with Crippen molar-refractivity contribution in [1.82, 2.24) is 9.88 Å². The largest absolute Gasteiger partial charge is 0.459 e. The zero-order valence-electron chi connectivity index (χ0n) is 14.8. The molecule has 1 aromatic rings. The number of carbonyl (C=O) groups excluding carboxylic acids is 2. The minimum Gasteiger partial charge on any atom is -0.459 e. The average Bonchev–Trinajstić information content (AvgIpc) is 2.95. The summed E-state index contributed by atoms with van der Waals surface area (Å²) >= 11 is 3.06. The van der Waals surface area contributed by atoms with Gasteiger partial charge in [0.05, 0.1) is 11.2 Å². The highest BCUT2D eigenvalue weighted by molar-refractivity contribution is 8.00. The first-order chi connectivity index (χ1) is 11.6.